The molecule has 0 N–H and O–H groups in total. The second-order valence-corrected chi connectivity index (χ2v) is 5.82. The molecular formula is C13H22O. The van der Waals surface area contributed by atoms with Crippen LogP contribution < -0.4 is 0 Å². The summed E-state index contributed by atoms with van der Waals surface area (Å²) in [4.78, 5) is 0. The van der Waals surface area contributed by atoms with Gasteiger partial charge in [0.1, 0.15) is 0 Å². The van der Waals surface area contributed by atoms with E-state index in [1.807, 2.05) is 0 Å². The minimum Gasteiger partial charge on any atom is -0.374 e. The standard InChI is InChI=1S/C13H22O/c1-10-4-2-3-6-13(10)7-5-11-8-12(11)9-14-13/h10-12H,2-9H2,1H3/t10-,11-,12+,13+/m1/s1. The summed E-state index contributed by atoms with van der Waals surface area (Å²) < 4.78 is 6.30. The molecule has 2 saturated carbocycles. The van der Waals surface area contributed by atoms with Gasteiger partial charge in [-0.2, -0.15) is 0 Å². The summed E-state index contributed by atoms with van der Waals surface area (Å²) in [6, 6.07) is 0. The Morgan fingerprint density at radius 3 is 2.86 bits per heavy atom. The van der Waals surface area contributed by atoms with Gasteiger partial charge in [0.05, 0.1) is 12.2 Å². The third kappa shape index (κ3) is 1.41. The van der Waals surface area contributed by atoms with E-state index in [1.54, 1.807) is 0 Å². The summed E-state index contributed by atoms with van der Waals surface area (Å²) in [5, 5.41) is 0. The lowest BCUT2D eigenvalue weighted by molar-refractivity contribution is -0.107. The van der Waals surface area contributed by atoms with Crippen LogP contribution in [-0.2, 0) is 4.74 Å². The number of hydrogen-bond donors (Lipinski definition) is 0. The van der Waals surface area contributed by atoms with E-state index in [1.165, 1.54) is 44.9 Å². The Kier molecular flexibility index (Phi) is 2.12. The van der Waals surface area contributed by atoms with Crippen LogP contribution in [0.1, 0.15) is 51.9 Å². The first-order valence-corrected chi connectivity index (χ1v) is 6.44. The molecule has 0 aromatic rings. The van der Waals surface area contributed by atoms with Gasteiger partial charge in [0.2, 0.25) is 0 Å². The SMILES string of the molecule is C[C@@H]1CCCC[C@]12CC[C@@H]1C[C@H]1CO2. The predicted molar refractivity (Wildman–Crippen MR) is 57.1 cm³/mol. The van der Waals surface area contributed by atoms with Crippen molar-refractivity contribution in [3.8, 4) is 0 Å². The number of ether oxygens (including phenoxy) is 1. The molecule has 3 rings (SSSR count). The van der Waals surface area contributed by atoms with Gasteiger partial charge in [-0.3, -0.25) is 0 Å². The molecule has 1 saturated heterocycles. The fraction of sp³-hybridized carbons (Fsp3) is 1.00. The van der Waals surface area contributed by atoms with E-state index in [4.69, 9.17) is 4.74 Å². The zero-order valence-electron chi connectivity index (χ0n) is 9.30. The Bertz CT molecular complexity index is 211. The summed E-state index contributed by atoms with van der Waals surface area (Å²) >= 11 is 0. The van der Waals surface area contributed by atoms with Gasteiger partial charge in [0.15, 0.2) is 0 Å². The van der Waals surface area contributed by atoms with Crippen LogP contribution in [-0.4, -0.2) is 12.2 Å². The van der Waals surface area contributed by atoms with Crippen molar-refractivity contribution < 1.29 is 4.74 Å². The first-order valence-electron chi connectivity index (χ1n) is 6.44. The van der Waals surface area contributed by atoms with Crippen molar-refractivity contribution in [3.05, 3.63) is 0 Å². The fourth-order valence-electron chi connectivity index (χ4n) is 3.61. The zero-order valence-corrected chi connectivity index (χ0v) is 9.30. The number of rotatable bonds is 0. The van der Waals surface area contributed by atoms with Crippen LogP contribution in [0.25, 0.3) is 0 Å². The molecule has 14 heavy (non-hydrogen) atoms. The lowest BCUT2D eigenvalue weighted by atomic mass is 9.73. The molecule has 1 heterocycles. The smallest absolute Gasteiger partial charge is 0.0708 e. The highest BCUT2D eigenvalue weighted by molar-refractivity contribution is 4.97. The van der Waals surface area contributed by atoms with Crippen LogP contribution in [0.5, 0.6) is 0 Å². The molecule has 1 spiro atoms. The molecule has 80 valence electrons. The Morgan fingerprint density at radius 2 is 2.00 bits per heavy atom. The van der Waals surface area contributed by atoms with Crippen molar-refractivity contribution in [1.29, 1.82) is 0 Å². The summed E-state index contributed by atoms with van der Waals surface area (Å²) in [5.74, 6) is 2.81. The predicted octanol–water partition coefficient (Wildman–Crippen LogP) is 3.38. The Labute approximate surface area is 87.2 Å². The number of fused-ring (bicyclic) bond motifs is 1. The molecule has 1 nitrogen and oxygen atoms in total. The molecular weight excluding hydrogens is 172 g/mol. The van der Waals surface area contributed by atoms with Crippen molar-refractivity contribution >= 4 is 0 Å². The molecule has 1 heteroatoms. The molecule has 1 aliphatic heterocycles. The highest BCUT2D eigenvalue weighted by Crippen LogP contribution is 2.51. The van der Waals surface area contributed by atoms with E-state index in [0.717, 1.165) is 24.4 Å². The minimum absolute atomic E-state index is 0.311. The van der Waals surface area contributed by atoms with E-state index in [-0.39, 0.29) is 0 Å². The van der Waals surface area contributed by atoms with Crippen LogP contribution in [0.4, 0.5) is 0 Å². The van der Waals surface area contributed by atoms with Crippen molar-refractivity contribution in [2.24, 2.45) is 17.8 Å². The van der Waals surface area contributed by atoms with Crippen LogP contribution in [0, 0.1) is 17.8 Å². The quantitative estimate of drug-likeness (QED) is 0.574. The summed E-state index contributed by atoms with van der Waals surface area (Å²) in [6.07, 6.45) is 9.84. The molecule has 0 amide bonds. The first-order chi connectivity index (χ1) is 6.80. The largest absolute Gasteiger partial charge is 0.374 e. The molecule has 2 aliphatic carbocycles. The van der Waals surface area contributed by atoms with Crippen LogP contribution >= 0.6 is 0 Å². The van der Waals surface area contributed by atoms with Crippen molar-refractivity contribution in [3.63, 3.8) is 0 Å². The highest BCUT2D eigenvalue weighted by Gasteiger charge is 2.47. The van der Waals surface area contributed by atoms with Gasteiger partial charge in [-0.1, -0.05) is 19.8 Å². The van der Waals surface area contributed by atoms with E-state index >= 15 is 0 Å². The van der Waals surface area contributed by atoms with Crippen LogP contribution in [0.3, 0.4) is 0 Å². The maximum absolute atomic E-state index is 6.30. The second kappa shape index (κ2) is 3.23. The van der Waals surface area contributed by atoms with Crippen molar-refractivity contribution in [1.82, 2.24) is 0 Å². The maximum atomic E-state index is 6.30. The summed E-state index contributed by atoms with van der Waals surface area (Å²) in [7, 11) is 0. The third-order valence-corrected chi connectivity index (χ3v) is 4.98. The average molecular weight is 194 g/mol. The molecule has 0 unspecified atom stereocenters. The summed E-state index contributed by atoms with van der Waals surface area (Å²) in [6.45, 7) is 3.49. The summed E-state index contributed by atoms with van der Waals surface area (Å²) in [5.41, 5.74) is 0.311. The van der Waals surface area contributed by atoms with Gasteiger partial charge in [-0.25, -0.2) is 0 Å². The Hall–Kier alpha value is -0.0400. The topological polar surface area (TPSA) is 9.23 Å². The van der Waals surface area contributed by atoms with E-state index in [0.29, 0.717) is 5.60 Å². The van der Waals surface area contributed by atoms with Gasteiger partial charge in [-0.05, 0) is 49.9 Å². The molecule has 0 bridgehead atoms. The van der Waals surface area contributed by atoms with Gasteiger partial charge in [0.25, 0.3) is 0 Å². The molecule has 0 aromatic heterocycles. The van der Waals surface area contributed by atoms with Crippen molar-refractivity contribution in [2.45, 2.75) is 57.5 Å². The lowest BCUT2D eigenvalue weighted by Crippen LogP contribution is -2.42. The number of hydrogen-bond acceptors (Lipinski definition) is 1. The molecule has 4 atom stereocenters. The van der Waals surface area contributed by atoms with Gasteiger partial charge < -0.3 is 4.74 Å². The molecule has 3 aliphatic rings. The van der Waals surface area contributed by atoms with Gasteiger partial charge in [-0.15, -0.1) is 0 Å². The van der Waals surface area contributed by atoms with E-state index in [2.05, 4.69) is 6.92 Å². The Balaban J connectivity index is 1.73. The third-order valence-electron chi connectivity index (χ3n) is 4.98. The van der Waals surface area contributed by atoms with Gasteiger partial charge >= 0.3 is 0 Å². The first kappa shape index (κ1) is 9.21. The van der Waals surface area contributed by atoms with Crippen LogP contribution in [0.15, 0.2) is 0 Å². The monoisotopic (exact) mass is 194 g/mol. The minimum atomic E-state index is 0.311. The fourth-order valence-corrected chi connectivity index (χ4v) is 3.61. The van der Waals surface area contributed by atoms with Crippen LogP contribution in [0.2, 0.25) is 0 Å². The van der Waals surface area contributed by atoms with Gasteiger partial charge in [0, 0.05) is 0 Å². The normalized spacial score (nSPS) is 52.5. The second-order valence-electron chi connectivity index (χ2n) is 5.82. The molecule has 3 fully saturated rings. The maximum Gasteiger partial charge on any atom is 0.0708 e. The molecule has 0 aromatic carbocycles. The van der Waals surface area contributed by atoms with Crippen molar-refractivity contribution in [2.75, 3.05) is 6.61 Å². The highest BCUT2D eigenvalue weighted by atomic mass is 16.5. The van der Waals surface area contributed by atoms with E-state index in [9.17, 15) is 0 Å². The molecule has 0 radical (unpaired) electrons. The zero-order chi connectivity index (χ0) is 9.60. The Morgan fingerprint density at radius 1 is 1.07 bits per heavy atom. The lowest BCUT2D eigenvalue weighted by Gasteiger charge is -2.42. The van der Waals surface area contributed by atoms with E-state index < -0.39 is 0 Å². The average Bonchev–Trinajstić information content (AvgIpc) is 2.93.